The topological polar surface area (TPSA) is 52.6 Å². The number of aryl methyl sites for hydroxylation is 1. The van der Waals surface area contributed by atoms with Crippen molar-refractivity contribution in [1.29, 1.82) is 0 Å². The highest BCUT2D eigenvalue weighted by Gasteiger charge is 2.31. The lowest BCUT2D eigenvalue weighted by atomic mass is 10.1. The zero-order chi connectivity index (χ0) is 15.4. The van der Waals surface area contributed by atoms with Crippen LogP contribution in [0.1, 0.15) is 42.5 Å². The lowest BCUT2D eigenvalue weighted by Gasteiger charge is -2.33. The first kappa shape index (κ1) is 15.7. The van der Waals surface area contributed by atoms with E-state index in [2.05, 4.69) is 39.4 Å². The summed E-state index contributed by atoms with van der Waals surface area (Å²) in [6, 6.07) is 1.45. The molecule has 2 aliphatic rings. The number of hydrogen-bond acceptors (Lipinski definition) is 4. The minimum Gasteiger partial charge on any atom is -0.357 e. The molecule has 2 fully saturated rings. The number of thiazole rings is 1. The first-order valence-corrected chi connectivity index (χ1v) is 9.26. The number of hydrogen-bond donors (Lipinski definition) is 2. The van der Waals surface area contributed by atoms with Gasteiger partial charge >= 0.3 is 0 Å². The van der Waals surface area contributed by atoms with Crippen molar-refractivity contribution < 1.29 is 0 Å². The Labute approximate surface area is 137 Å². The maximum atomic E-state index is 4.69. The summed E-state index contributed by atoms with van der Waals surface area (Å²) in [4.78, 5) is 13.0. The van der Waals surface area contributed by atoms with Crippen LogP contribution in [0.2, 0.25) is 0 Å². The fraction of sp³-hybridized carbons (Fsp3) is 0.750. The molecule has 1 aliphatic heterocycles. The molecule has 1 saturated heterocycles. The average Bonchev–Trinajstić information content (AvgIpc) is 3.28. The summed E-state index contributed by atoms with van der Waals surface area (Å²) in [6.07, 6.45) is 7.18. The van der Waals surface area contributed by atoms with E-state index in [-0.39, 0.29) is 0 Å². The first-order valence-electron chi connectivity index (χ1n) is 8.45. The van der Waals surface area contributed by atoms with Crippen molar-refractivity contribution in [3.05, 3.63) is 16.1 Å². The molecule has 2 N–H and O–H groups in total. The van der Waals surface area contributed by atoms with Gasteiger partial charge in [0, 0.05) is 42.8 Å². The van der Waals surface area contributed by atoms with Gasteiger partial charge in [-0.3, -0.25) is 0 Å². The molecule has 3 rings (SSSR count). The minimum atomic E-state index is 0.547. The summed E-state index contributed by atoms with van der Waals surface area (Å²) in [5.41, 5.74) is 0. The van der Waals surface area contributed by atoms with Gasteiger partial charge in [-0.2, -0.15) is 0 Å². The molecule has 1 saturated carbocycles. The second-order valence-electron chi connectivity index (χ2n) is 6.25. The van der Waals surface area contributed by atoms with Gasteiger partial charge in [0.15, 0.2) is 5.96 Å². The Balaban J connectivity index is 1.50. The van der Waals surface area contributed by atoms with Gasteiger partial charge in [-0.1, -0.05) is 0 Å². The lowest BCUT2D eigenvalue weighted by Crippen LogP contribution is -2.49. The summed E-state index contributed by atoms with van der Waals surface area (Å²) in [5.74, 6) is 0.931. The largest absolute Gasteiger partial charge is 0.357 e. The molecular weight excluding hydrogens is 294 g/mol. The predicted molar refractivity (Wildman–Crippen MR) is 92.4 cm³/mol. The summed E-state index contributed by atoms with van der Waals surface area (Å²) < 4.78 is 0. The third-order valence-electron chi connectivity index (χ3n) is 4.32. The molecule has 0 atom stereocenters. The van der Waals surface area contributed by atoms with Crippen molar-refractivity contribution in [2.24, 2.45) is 4.99 Å². The second kappa shape index (κ2) is 7.42. The molecule has 6 heteroatoms. The molecule has 2 heterocycles. The van der Waals surface area contributed by atoms with Crippen LogP contribution in [-0.2, 0) is 6.54 Å². The van der Waals surface area contributed by atoms with Gasteiger partial charge in [-0.15, -0.1) is 11.3 Å². The van der Waals surface area contributed by atoms with Crippen molar-refractivity contribution >= 4 is 17.3 Å². The van der Waals surface area contributed by atoms with Crippen LogP contribution in [0.4, 0.5) is 0 Å². The van der Waals surface area contributed by atoms with E-state index in [1.54, 1.807) is 11.3 Å². The highest BCUT2D eigenvalue weighted by molar-refractivity contribution is 7.11. The molecule has 1 aromatic heterocycles. The number of nitrogens with zero attached hydrogens (tertiary/aromatic N) is 3. The number of piperidine rings is 1. The molecule has 0 aromatic carbocycles. The van der Waals surface area contributed by atoms with Gasteiger partial charge in [-0.05, 0) is 39.5 Å². The van der Waals surface area contributed by atoms with Gasteiger partial charge in [0.25, 0.3) is 0 Å². The molecule has 1 aromatic rings. The summed E-state index contributed by atoms with van der Waals surface area (Å²) in [6.45, 7) is 8.21. The van der Waals surface area contributed by atoms with Crippen LogP contribution < -0.4 is 10.6 Å². The number of rotatable bonds is 5. The molecule has 0 bridgehead atoms. The molecular formula is C16H27N5S. The third-order valence-corrected chi connectivity index (χ3v) is 5.22. The van der Waals surface area contributed by atoms with Crippen molar-refractivity contribution in [2.75, 3.05) is 19.6 Å². The van der Waals surface area contributed by atoms with Crippen LogP contribution in [0, 0.1) is 6.92 Å². The predicted octanol–water partition coefficient (Wildman–Crippen LogP) is 2.13. The van der Waals surface area contributed by atoms with E-state index in [0.717, 1.165) is 23.6 Å². The minimum absolute atomic E-state index is 0.547. The zero-order valence-electron chi connectivity index (χ0n) is 13.6. The Kier molecular flexibility index (Phi) is 5.31. The standard InChI is InChI=1S/C16H27N5S/c1-3-17-16(19-11-15-18-10-12(2)22-15)20-13-6-8-21(9-7-13)14-4-5-14/h10,13-14H,3-9,11H2,1-2H3,(H2,17,19,20). The van der Waals surface area contributed by atoms with Crippen molar-refractivity contribution in [3.8, 4) is 0 Å². The van der Waals surface area contributed by atoms with Gasteiger partial charge in [0.2, 0.25) is 0 Å². The van der Waals surface area contributed by atoms with E-state index >= 15 is 0 Å². The Morgan fingerprint density at radius 3 is 2.73 bits per heavy atom. The van der Waals surface area contributed by atoms with E-state index in [1.807, 2.05) is 6.20 Å². The van der Waals surface area contributed by atoms with E-state index in [4.69, 9.17) is 0 Å². The monoisotopic (exact) mass is 321 g/mol. The Morgan fingerprint density at radius 2 is 2.14 bits per heavy atom. The molecule has 122 valence electrons. The van der Waals surface area contributed by atoms with Gasteiger partial charge in [0.1, 0.15) is 5.01 Å². The maximum absolute atomic E-state index is 4.69. The van der Waals surface area contributed by atoms with Crippen molar-refractivity contribution in [2.45, 2.75) is 58.2 Å². The number of aliphatic imine (C=N–C) groups is 1. The third kappa shape index (κ3) is 4.43. The zero-order valence-corrected chi connectivity index (χ0v) is 14.5. The molecule has 1 aliphatic carbocycles. The summed E-state index contributed by atoms with van der Waals surface area (Å²) >= 11 is 1.72. The Morgan fingerprint density at radius 1 is 1.36 bits per heavy atom. The number of aromatic nitrogens is 1. The molecule has 22 heavy (non-hydrogen) atoms. The molecule has 0 amide bonds. The van der Waals surface area contributed by atoms with Gasteiger partial charge < -0.3 is 15.5 Å². The van der Waals surface area contributed by atoms with E-state index in [9.17, 15) is 0 Å². The first-order chi connectivity index (χ1) is 10.7. The van der Waals surface area contributed by atoms with Crippen LogP contribution >= 0.6 is 11.3 Å². The quantitative estimate of drug-likeness (QED) is 0.644. The van der Waals surface area contributed by atoms with Crippen LogP contribution in [0.5, 0.6) is 0 Å². The summed E-state index contributed by atoms with van der Waals surface area (Å²) in [7, 11) is 0. The van der Waals surface area contributed by atoms with Gasteiger partial charge in [0.05, 0.1) is 6.54 Å². The summed E-state index contributed by atoms with van der Waals surface area (Å²) in [5, 5.41) is 8.04. The van der Waals surface area contributed by atoms with E-state index in [0.29, 0.717) is 12.6 Å². The molecule has 5 nitrogen and oxygen atoms in total. The fourth-order valence-corrected chi connectivity index (χ4v) is 3.69. The van der Waals surface area contributed by atoms with E-state index in [1.165, 1.54) is 43.6 Å². The van der Waals surface area contributed by atoms with Crippen LogP contribution in [-0.4, -0.2) is 47.6 Å². The second-order valence-corrected chi connectivity index (χ2v) is 7.56. The highest BCUT2D eigenvalue weighted by atomic mass is 32.1. The number of guanidine groups is 1. The average molecular weight is 321 g/mol. The lowest BCUT2D eigenvalue weighted by molar-refractivity contribution is 0.197. The Bertz CT molecular complexity index is 500. The highest BCUT2D eigenvalue weighted by Crippen LogP contribution is 2.29. The fourth-order valence-electron chi connectivity index (χ4n) is 2.98. The van der Waals surface area contributed by atoms with Crippen molar-refractivity contribution in [1.82, 2.24) is 20.5 Å². The number of nitrogens with one attached hydrogen (secondary N) is 2. The SMILES string of the molecule is CCNC(=NCc1ncc(C)s1)NC1CCN(C2CC2)CC1. The Hall–Kier alpha value is -1.14. The maximum Gasteiger partial charge on any atom is 0.191 e. The molecule has 0 unspecified atom stereocenters. The number of likely N-dealkylation sites (tertiary alicyclic amines) is 1. The van der Waals surface area contributed by atoms with E-state index < -0.39 is 0 Å². The van der Waals surface area contributed by atoms with Crippen LogP contribution in [0.3, 0.4) is 0 Å². The van der Waals surface area contributed by atoms with Crippen molar-refractivity contribution in [3.63, 3.8) is 0 Å². The normalized spacial score (nSPS) is 21.1. The van der Waals surface area contributed by atoms with Crippen LogP contribution in [0.15, 0.2) is 11.2 Å². The van der Waals surface area contributed by atoms with Crippen LogP contribution in [0.25, 0.3) is 0 Å². The van der Waals surface area contributed by atoms with Gasteiger partial charge in [-0.25, -0.2) is 9.98 Å². The molecule has 0 spiro atoms. The smallest absolute Gasteiger partial charge is 0.191 e. The molecule has 0 radical (unpaired) electrons.